The van der Waals surface area contributed by atoms with E-state index in [1.54, 1.807) is 27.0 Å². The predicted octanol–water partition coefficient (Wildman–Crippen LogP) is 3.12. The number of benzene rings is 1. The first kappa shape index (κ1) is 18.7. The Kier molecular flexibility index (Phi) is 5.32. The Morgan fingerprint density at radius 2 is 2.04 bits per heavy atom. The van der Waals surface area contributed by atoms with E-state index in [1.165, 1.54) is 29.0 Å². The number of nitro groups is 1. The number of allylic oxidation sites excluding steroid dienone is 1. The van der Waals surface area contributed by atoms with Gasteiger partial charge in [-0.25, -0.2) is 9.59 Å². The molecule has 1 aliphatic rings. The first-order valence-electron chi connectivity index (χ1n) is 7.52. The molecule has 0 saturated heterocycles. The average Bonchev–Trinajstić information content (AvgIpc) is 2.56. The molecule has 9 heteroatoms. The van der Waals surface area contributed by atoms with E-state index in [-0.39, 0.29) is 28.9 Å². The van der Waals surface area contributed by atoms with Crippen LogP contribution in [-0.2, 0) is 9.53 Å². The Morgan fingerprint density at radius 1 is 1.40 bits per heavy atom. The molecule has 2 amide bonds. The van der Waals surface area contributed by atoms with E-state index >= 15 is 0 Å². The molecule has 0 radical (unpaired) electrons. The molecular weight excluding hydrogens is 350 g/mol. The van der Waals surface area contributed by atoms with Gasteiger partial charge in [-0.15, -0.1) is 0 Å². The van der Waals surface area contributed by atoms with Crippen LogP contribution in [0.15, 0.2) is 29.5 Å². The third-order valence-corrected chi connectivity index (χ3v) is 4.44. The third-order valence-electron chi connectivity index (χ3n) is 4.12. The van der Waals surface area contributed by atoms with Crippen LogP contribution in [0.5, 0.6) is 0 Å². The molecule has 1 aromatic rings. The number of urea groups is 1. The van der Waals surface area contributed by atoms with Crippen molar-refractivity contribution >= 4 is 29.3 Å². The molecule has 0 N–H and O–H groups in total. The largest absolute Gasteiger partial charge is 0.463 e. The summed E-state index contributed by atoms with van der Waals surface area (Å²) in [5.41, 5.74) is 0.800. The van der Waals surface area contributed by atoms with Crippen LogP contribution in [0.2, 0.25) is 5.02 Å². The van der Waals surface area contributed by atoms with Gasteiger partial charge < -0.3 is 14.5 Å². The molecular formula is C16H18ClN3O5. The normalized spacial score (nSPS) is 17.8. The number of hydrogen-bond donors (Lipinski definition) is 0. The van der Waals surface area contributed by atoms with Gasteiger partial charge in [0.1, 0.15) is 5.02 Å². The number of rotatable bonds is 4. The summed E-state index contributed by atoms with van der Waals surface area (Å²) in [4.78, 5) is 38.1. The monoisotopic (exact) mass is 367 g/mol. The van der Waals surface area contributed by atoms with Crippen LogP contribution >= 0.6 is 11.6 Å². The van der Waals surface area contributed by atoms with E-state index in [2.05, 4.69) is 0 Å². The SMILES string of the molecule is CCOC(=O)C1=C(C)N(C)C(=O)N(C)[C@@H]1c1ccc(Cl)c([N+](=O)[O-])c1. The number of likely N-dealkylation sites (N-methyl/N-ethyl adjacent to an activating group) is 1. The van der Waals surface area contributed by atoms with Crippen LogP contribution < -0.4 is 0 Å². The van der Waals surface area contributed by atoms with Gasteiger partial charge >= 0.3 is 12.0 Å². The number of carbonyl (C=O) groups excluding carboxylic acids is 2. The highest BCUT2D eigenvalue weighted by molar-refractivity contribution is 6.32. The minimum atomic E-state index is -0.807. The molecule has 0 spiro atoms. The van der Waals surface area contributed by atoms with Crippen molar-refractivity contribution in [1.82, 2.24) is 9.80 Å². The van der Waals surface area contributed by atoms with Crippen molar-refractivity contribution in [2.24, 2.45) is 0 Å². The van der Waals surface area contributed by atoms with Gasteiger partial charge in [-0.3, -0.25) is 10.1 Å². The highest BCUT2D eigenvalue weighted by atomic mass is 35.5. The molecule has 1 atom stereocenters. The second kappa shape index (κ2) is 7.10. The zero-order valence-electron chi connectivity index (χ0n) is 14.3. The third kappa shape index (κ3) is 3.30. The summed E-state index contributed by atoms with van der Waals surface area (Å²) in [5.74, 6) is -0.575. The molecule has 0 bridgehead atoms. The van der Waals surface area contributed by atoms with Gasteiger partial charge in [0, 0.05) is 25.9 Å². The lowest BCUT2D eigenvalue weighted by Gasteiger charge is -2.39. The highest BCUT2D eigenvalue weighted by Gasteiger charge is 2.39. The van der Waals surface area contributed by atoms with Crippen LogP contribution in [-0.4, -0.2) is 47.4 Å². The zero-order valence-corrected chi connectivity index (χ0v) is 15.0. The van der Waals surface area contributed by atoms with Crippen LogP contribution in [0, 0.1) is 10.1 Å². The summed E-state index contributed by atoms with van der Waals surface area (Å²) in [7, 11) is 3.07. The van der Waals surface area contributed by atoms with Crippen molar-refractivity contribution in [2.45, 2.75) is 19.9 Å². The molecule has 0 saturated carbocycles. The standard InChI is InChI=1S/C16H18ClN3O5/c1-5-25-15(21)13-9(2)18(3)16(22)19(4)14(13)10-6-7-11(17)12(8-10)20(23)24/h6-8,14H,5H2,1-4H3/t14-/m1/s1. The van der Waals surface area contributed by atoms with Gasteiger partial charge in [-0.2, -0.15) is 0 Å². The van der Waals surface area contributed by atoms with Gasteiger partial charge in [0.2, 0.25) is 0 Å². The van der Waals surface area contributed by atoms with E-state index in [0.29, 0.717) is 11.3 Å². The number of halogens is 1. The smallest absolute Gasteiger partial charge is 0.338 e. The topological polar surface area (TPSA) is 93.0 Å². The van der Waals surface area contributed by atoms with Crippen molar-refractivity contribution in [2.75, 3.05) is 20.7 Å². The first-order valence-corrected chi connectivity index (χ1v) is 7.90. The Bertz CT molecular complexity index is 777. The molecule has 1 heterocycles. The lowest BCUT2D eigenvalue weighted by atomic mass is 9.93. The van der Waals surface area contributed by atoms with Gasteiger partial charge in [0.05, 0.1) is 23.1 Å². The average molecular weight is 368 g/mol. The molecule has 1 aliphatic heterocycles. The minimum Gasteiger partial charge on any atom is -0.463 e. The van der Waals surface area contributed by atoms with Crippen molar-refractivity contribution in [3.63, 3.8) is 0 Å². The summed E-state index contributed by atoms with van der Waals surface area (Å²) in [5, 5.41) is 11.1. The summed E-state index contributed by atoms with van der Waals surface area (Å²) in [6.07, 6.45) is 0. The maximum atomic E-state index is 12.5. The minimum absolute atomic E-state index is 0.0194. The van der Waals surface area contributed by atoms with Gasteiger partial charge in [-0.05, 0) is 25.5 Å². The van der Waals surface area contributed by atoms with Gasteiger partial charge in [0.15, 0.2) is 0 Å². The Morgan fingerprint density at radius 3 is 2.60 bits per heavy atom. The molecule has 8 nitrogen and oxygen atoms in total. The number of esters is 1. The molecule has 0 unspecified atom stereocenters. The van der Waals surface area contributed by atoms with E-state index in [0.717, 1.165) is 0 Å². The molecule has 0 fully saturated rings. The van der Waals surface area contributed by atoms with Crippen molar-refractivity contribution < 1.29 is 19.2 Å². The van der Waals surface area contributed by atoms with E-state index in [4.69, 9.17) is 16.3 Å². The molecule has 25 heavy (non-hydrogen) atoms. The van der Waals surface area contributed by atoms with Gasteiger partial charge in [-0.1, -0.05) is 17.7 Å². The fourth-order valence-electron chi connectivity index (χ4n) is 2.76. The number of carbonyl (C=O) groups is 2. The number of ether oxygens (including phenoxy) is 1. The molecule has 1 aromatic carbocycles. The quantitative estimate of drug-likeness (QED) is 0.463. The summed E-state index contributed by atoms with van der Waals surface area (Å²) >= 11 is 5.86. The van der Waals surface area contributed by atoms with Crippen molar-refractivity contribution in [3.8, 4) is 0 Å². The van der Waals surface area contributed by atoms with Crippen LogP contribution in [0.25, 0.3) is 0 Å². The predicted molar refractivity (Wildman–Crippen MR) is 91.1 cm³/mol. The molecule has 0 aromatic heterocycles. The maximum Gasteiger partial charge on any atom is 0.338 e. The van der Waals surface area contributed by atoms with E-state index < -0.39 is 16.9 Å². The second-order valence-corrected chi connectivity index (χ2v) is 5.95. The summed E-state index contributed by atoms with van der Waals surface area (Å²) in [6, 6.07) is 3.06. The highest BCUT2D eigenvalue weighted by Crippen LogP contribution is 2.38. The van der Waals surface area contributed by atoms with E-state index in [1.807, 2.05) is 0 Å². The van der Waals surface area contributed by atoms with Gasteiger partial charge in [0.25, 0.3) is 5.69 Å². The number of hydrogen-bond acceptors (Lipinski definition) is 5. The lowest BCUT2D eigenvalue weighted by molar-refractivity contribution is -0.384. The lowest BCUT2D eigenvalue weighted by Crippen LogP contribution is -2.47. The number of amides is 2. The van der Waals surface area contributed by atoms with Crippen LogP contribution in [0.1, 0.15) is 25.5 Å². The summed E-state index contributed by atoms with van der Waals surface area (Å²) in [6.45, 7) is 3.48. The Hall–Kier alpha value is -2.61. The second-order valence-electron chi connectivity index (χ2n) is 5.54. The Balaban J connectivity index is 2.66. The molecule has 134 valence electrons. The fourth-order valence-corrected chi connectivity index (χ4v) is 2.95. The fraction of sp³-hybridized carbons (Fsp3) is 0.375. The molecule has 0 aliphatic carbocycles. The zero-order chi connectivity index (χ0) is 18.9. The Labute approximate surface area is 149 Å². The van der Waals surface area contributed by atoms with Crippen LogP contribution in [0.3, 0.4) is 0 Å². The summed E-state index contributed by atoms with van der Waals surface area (Å²) < 4.78 is 5.12. The molecule has 2 rings (SSSR count). The van der Waals surface area contributed by atoms with E-state index in [9.17, 15) is 19.7 Å². The number of nitro benzene ring substituents is 1. The van der Waals surface area contributed by atoms with Crippen molar-refractivity contribution in [3.05, 3.63) is 50.2 Å². The first-order chi connectivity index (χ1) is 11.7. The number of nitrogens with zero attached hydrogens (tertiary/aromatic N) is 3. The van der Waals surface area contributed by atoms with Crippen molar-refractivity contribution in [1.29, 1.82) is 0 Å². The maximum absolute atomic E-state index is 12.5. The van der Waals surface area contributed by atoms with Crippen LogP contribution in [0.4, 0.5) is 10.5 Å².